The van der Waals surface area contributed by atoms with Crippen molar-refractivity contribution in [2.24, 2.45) is 0 Å². The monoisotopic (exact) mass is 446 g/mol. The molecule has 3 aromatic rings. The molecule has 2 heterocycles. The molecular weight excluding hydrogens is 420 g/mol. The van der Waals surface area contributed by atoms with Crippen molar-refractivity contribution in [3.63, 3.8) is 0 Å². The van der Waals surface area contributed by atoms with Gasteiger partial charge in [0.25, 0.3) is 5.56 Å². The average molecular weight is 447 g/mol. The van der Waals surface area contributed by atoms with Crippen LogP contribution in [-0.4, -0.2) is 52.2 Å². The fraction of sp³-hybridized carbons (Fsp3) is 0.240. The summed E-state index contributed by atoms with van der Waals surface area (Å²) < 4.78 is 5.16. The van der Waals surface area contributed by atoms with Crippen LogP contribution in [-0.2, 0) is 4.79 Å². The van der Waals surface area contributed by atoms with Crippen LogP contribution in [0.1, 0.15) is 18.4 Å². The summed E-state index contributed by atoms with van der Waals surface area (Å²) in [5.41, 5.74) is 0.671. The van der Waals surface area contributed by atoms with Crippen LogP contribution in [0.3, 0.4) is 0 Å². The summed E-state index contributed by atoms with van der Waals surface area (Å²) in [5.74, 6) is 1.23. The van der Waals surface area contributed by atoms with Crippen molar-refractivity contribution in [2.75, 3.05) is 25.5 Å². The molecule has 1 aromatic heterocycles. The Morgan fingerprint density at radius 3 is 2.88 bits per heavy atom. The third kappa shape index (κ3) is 5.23. The van der Waals surface area contributed by atoms with E-state index >= 15 is 0 Å². The molecule has 8 heteroatoms. The number of hydrogen-bond donors (Lipinski definition) is 3. The van der Waals surface area contributed by atoms with Gasteiger partial charge < -0.3 is 20.1 Å². The molecule has 1 unspecified atom stereocenters. The molecule has 2 aromatic carbocycles. The number of fused-ring (bicyclic) bond motifs is 1. The second-order valence-corrected chi connectivity index (χ2v) is 7.81. The Morgan fingerprint density at radius 1 is 1.24 bits per heavy atom. The van der Waals surface area contributed by atoms with Gasteiger partial charge in [-0.2, -0.15) is 5.10 Å². The molecule has 4 rings (SSSR count). The number of nitrogens with zero attached hydrogens (tertiary/aromatic N) is 2. The number of benzene rings is 2. The van der Waals surface area contributed by atoms with E-state index < -0.39 is 0 Å². The molecule has 0 radical (unpaired) electrons. The van der Waals surface area contributed by atoms with Gasteiger partial charge >= 0.3 is 0 Å². The normalized spacial score (nSPS) is 16.0. The van der Waals surface area contributed by atoms with E-state index in [0.717, 1.165) is 23.9 Å². The van der Waals surface area contributed by atoms with Crippen molar-refractivity contribution in [1.29, 1.82) is 0 Å². The Balaban J connectivity index is 1.38. The van der Waals surface area contributed by atoms with Gasteiger partial charge in [-0.05, 0) is 36.3 Å². The number of aromatic nitrogens is 2. The Kier molecular flexibility index (Phi) is 6.73. The molecule has 8 nitrogen and oxygen atoms in total. The Bertz CT molecular complexity index is 1260. The summed E-state index contributed by atoms with van der Waals surface area (Å²) in [6.07, 6.45) is 8.59. The SMILES string of the molecule is COc1cc(C=CC2CC(=O)C=CN2CCCNc2n[nH]c(=O)c3ccccc23)ccc1O. The van der Waals surface area contributed by atoms with Crippen molar-refractivity contribution in [3.05, 3.63) is 76.7 Å². The zero-order chi connectivity index (χ0) is 23.2. The highest BCUT2D eigenvalue weighted by molar-refractivity contribution is 5.91. The highest BCUT2D eigenvalue weighted by Crippen LogP contribution is 2.27. The third-order valence-corrected chi connectivity index (χ3v) is 5.58. The van der Waals surface area contributed by atoms with Crippen LogP contribution in [0, 0.1) is 0 Å². The minimum absolute atomic E-state index is 0.0608. The van der Waals surface area contributed by atoms with Crippen molar-refractivity contribution in [2.45, 2.75) is 18.9 Å². The summed E-state index contributed by atoms with van der Waals surface area (Å²) >= 11 is 0. The molecule has 1 aliphatic heterocycles. The molecule has 0 saturated heterocycles. The maximum absolute atomic E-state index is 12.0. The van der Waals surface area contributed by atoms with Gasteiger partial charge in [0.2, 0.25) is 0 Å². The van der Waals surface area contributed by atoms with Crippen LogP contribution in [0.2, 0.25) is 0 Å². The Labute approximate surface area is 191 Å². The number of allylic oxidation sites excluding steroid dienone is 1. The molecule has 170 valence electrons. The van der Waals surface area contributed by atoms with E-state index in [1.807, 2.05) is 36.6 Å². The van der Waals surface area contributed by atoms with Gasteiger partial charge in [-0.25, -0.2) is 5.10 Å². The van der Waals surface area contributed by atoms with Crippen LogP contribution in [0.5, 0.6) is 11.5 Å². The van der Waals surface area contributed by atoms with Crippen molar-refractivity contribution in [3.8, 4) is 11.5 Å². The summed E-state index contributed by atoms with van der Waals surface area (Å²) in [5, 5.41) is 21.1. The predicted octanol–water partition coefficient (Wildman–Crippen LogP) is 3.31. The zero-order valence-corrected chi connectivity index (χ0v) is 18.3. The number of ether oxygens (including phenoxy) is 1. The first-order valence-electron chi connectivity index (χ1n) is 10.8. The van der Waals surface area contributed by atoms with E-state index in [9.17, 15) is 14.7 Å². The second kappa shape index (κ2) is 10.0. The van der Waals surface area contributed by atoms with Crippen LogP contribution in [0.25, 0.3) is 16.8 Å². The lowest BCUT2D eigenvalue weighted by molar-refractivity contribution is -0.116. The third-order valence-electron chi connectivity index (χ3n) is 5.58. The van der Waals surface area contributed by atoms with Crippen LogP contribution in [0.4, 0.5) is 5.82 Å². The lowest BCUT2D eigenvalue weighted by Gasteiger charge is -2.31. The van der Waals surface area contributed by atoms with E-state index in [1.54, 1.807) is 30.3 Å². The number of ketones is 1. The number of phenolic OH excluding ortho intramolecular Hbond substituents is 1. The second-order valence-electron chi connectivity index (χ2n) is 7.81. The molecular formula is C25H26N4O4. The number of carbonyl (C=O) groups excluding carboxylic acids is 1. The summed E-state index contributed by atoms with van der Waals surface area (Å²) in [6.45, 7) is 1.40. The topological polar surface area (TPSA) is 108 Å². The van der Waals surface area contributed by atoms with Gasteiger partial charge in [0.15, 0.2) is 23.1 Å². The van der Waals surface area contributed by atoms with Crippen LogP contribution >= 0.6 is 0 Å². The largest absolute Gasteiger partial charge is 0.504 e. The van der Waals surface area contributed by atoms with Gasteiger partial charge in [-0.3, -0.25) is 9.59 Å². The lowest BCUT2D eigenvalue weighted by atomic mass is 10.0. The number of carbonyl (C=O) groups is 1. The predicted molar refractivity (Wildman–Crippen MR) is 128 cm³/mol. The number of anilines is 1. The van der Waals surface area contributed by atoms with E-state index in [4.69, 9.17) is 4.74 Å². The average Bonchev–Trinajstić information content (AvgIpc) is 2.83. The first-order chi connectivity index (χ1) is 16.0. The lowest BCUT2D eigenvalue weighted by Crippen LogP contribution is -2.35. The fourth-order valence-electron chi connectivity index (χ4n) is 3.84. The number of H-pyrrole nitrogens is 1. The minimum Gasteiger partial charge on any atom is -0.504 e. The first-order valence-corrected chi connectivity index (χ1v) is 10.8. The number of rotatable bonds is 8. The van der Waals surface area contributed by atoms with E-state index in [1.165, 1.54) is 7.11 Å². The summed E-state index contributed by atoms with van der Waals surface area (Å²) in [4.78, 5) is 26.1. The minimum atomic E-state index is -0.208. The maximum Gasteiger partial charge on any atom is 0.272 e. The molecule has 1 atom stereocenters. The highest BCUT2D eigenvalue weighted by atomic mass is 16.5. The Morgan fingerprint density at radius 2 is 2.06 bits per heavy atom. The first kappa shape index (κ1) is 22.1. The van der Waals surface area contributed by atoms with E-state index in [2.05, 4.69) is 20.4 Å². The number of hydrogen-bond acceptors (Lipinski definition) is 7. The smallest absolute Gasteiger partial charge is 0.272 e. The molecule has 0 amide bonds. The number of phenols is 1. The molecule has 1 aliphatic rings. The molecule has 0 bridgehead atoms. The van der Waals surface area contributed by atoms with Gasteiger partial charge in [-0.15, -0.1) is 0 Å². The van der Waals surface area contributed by atoms with Gasteiger partial charge in [-0.1, -0.05) is 36.4 Å². The zero-order valence-electron chi connectivity index (χ0n) is 18.3. The van der Waals surface area contributed by atoms with E-state index in [0.29, 0.717) is 29.9 Å². The molecule has 0 aliphatic carbocycles. The number of nitrogens with one attached hydrogen (secondary N) is 2. The highest BCUT2D eigenvalue weighted by Gasteiger charge is 2.19. The number of aromatic amines is 1. The fourth-order valence-corrected chi connectivity index (χ4v) is 3.84. The number of aromatic hydroxyl groups is 1. The van der Waals surface area contributed by atoms with Crippen molar-refractivity contribution >= 4 is 28.4 Å². The van der Waals surface area contributed by atoms with E-state index in [-0.39, 0.29) is 23.1 Å². The number of methoxy groups -OCH3 is 1. The molecule has 33 heavy (non-hydrogen) atoms. The summed E-state index contributed by atoms with van der Waals surface area (Å²) in [6, 6.07) is 12.4. The maximum atomic E-state index is 12.0. The molecule has 0 saturated carbocycles. The van der Waals surface area contributed by atoms with Gasteiger partial charge in [0, 0.05) is 31.1 Å². The summed E-state index contributed by atoms with van der Waals surface area (Å²) in [7, 11) is 1.51. The molecule has 3 N–H and O–H groups in total. The van der Waals surface area contributed by atoms with Gasteiger partial charge in [0.1, 0.15) is 0 Å². The Hall–Kier alpha value is -4.07. The van der Waals surface area contributed by atoms with Crippen LogP contribution in [0.15, 0.2) is 65.6 Å². The molecule has 0 fully saturated rings. The van der Waals surface area contributed by atoms with Crippen molar-refractivity contribution < 1.29 is 14.6 Å². The van der Waals surface area contributed by atoms with Crippen molar-refractivity contribution in [1.82, 2.24) is 15.1 Å². The van der Waals surface area contributed by atoms with Crippen LogP contribution < -0.4 is 15.6 Å². The standard InChI is InChI=1S/C25H26N4O4/c1-33-23-15-17(8-10-22(23)31)7-9-18-16-19(30)11-14-29(18)13-4-12-26-24-20-5-2-3-6-21(20)25(32)28-27-24/h2-3,5-11,14-15,18,31H,4,12-13,16H2,1H3,(H,26,27)(H,28,32). The quantitative estimate of drug-likeness (QED) is 0.456. The molecule has 0 spiro atoms. The van der Waals surface area contributed by atoms with Gasteiger partial charge in [0.05, 0.1) is 18.5 Å².